The van der Waals surface area contributed by atoms with Gasteiger partial charge in [0.25, 0.3) is 0 Å². The average Bonchev–Trinajstić information content (AvgIpc) is 2.96. The van der Waals surface area contributed by atoms with Gasteiger partial charge in [-0.25, -0.2) is 0 Å². The summed E-state index contributed by atoms with van der Waals surface area (Å²) in [6.07, 6.45) is 3.17. The number of nitrogens with zero attached hydrogens (tertiary/aromatic N) is 2. The second-order valence-corrected chi connectivity index (χ2v) is 2.94. The molecule has 0 saturated heterocycles. The third kappa shape index (κ3) is 14.9. The Kier molecular flexibility index (Phi) is 15.0. The molecule has 1 heterocycles. The number of hydrogen-bond donors (Lipinski definition) is 3. The van der Waals surface area contributed by atoms with Gasteiger partial charge in [0.15, 0.2) is 0 Å². The zero-order chi connectivity index (χ0) is 13.3. The number of nitrogens with one attached hydrogen (secondary N) is 1. The summed E-state index contributed by atoms with van der Waals surface area (Å²) in [7, 11) is 0. The van der Waals surface area contributed by atoms with E-state index in [-0.39, 0.29) is 13.2 Å². The van der Waals surface area contributed by atoms with Crippen molar-refractivity contribution in [2.75, 3.05) is 52.9 Å². The van der Waals surface area contributed by atoms with E-state index >= 15 is 0 Å². The van der Waals surface area contributed by atoms with E-state index < -0.39 is 0 Å². The van der Waals surface area contributed by atoms with E-state index in [4.69, 9.17) is 24.4 Å². The molecule has 0 atom stereocenters. The normalized spacial score (nSPS) is 9.89. The highest BCUT2D eigenvalue weighted by Crippen LogP contribution is 1.80. The SMILES string of the molecule is OCCOCCOCCOCCO.c1cn[nH]n1. The molecule has 8 nitrogen and oxygen atoms in total. The number of aliphatic hydroxyl groups excluding tert-OH is 2. The van der Waals surface area contributed by atoms with E-state index in [0.29, 0.717) is 39.6 Å². The van der Waals surface area contributed by atoms with Gasteiger partial charge in [-0.2, -0.15) is 15.4 Å². The lowest BCUT2D eigenvalue weighted by molar-refractivity contribution is 0.00230. The maximum absolute atomic E-state index is 8.36. The van der Waals surface area contributed by atoms with E-state index in [2.05, 4.69) is 15.4 Å². The lowest BCUT2D eigenvalue weighted by Crippen LogP contribution is -2.11. The summed E-state index contributed by atoms with van der Waals surface area (Å²) in [6.45, 7) is 2.76. The van der Waals surface area contributed by atoms with Crippen LogP contribution in [0.1, 0.15) is 0 Å². The number of ether oxygens (including phenoxy) is 3. The number of H-pyrrole nitrogens is 1. The molecular formula is C10H21N3O5. The summed E-state index contributed by atoms with van der Waals surface area (Å²) in [4.78, 5) is 0. The van der Waals surface area contributed by atoms with Crippen molar-refractivity contribution in [1.29, 1.82) is 0 Å². The largest absolute Gasteiger partial charge is 0.394 e. The summed E-state index contributed by atoms with van der Waals surface area (Å²) in [5.74, 6) is 0. The highest BCUT2D eigenvalue weighted by Gasteiger charge is 1.89. The predicted molar refractivity (Wildman–Crippen MR) is 63.0 cm³/mol. The molecule has 1 aromatic heterocycles. The Bertz CT molecular complexity index is 196. The van der Waals surface area contributed by atoms with E-state index in [1.165, 1.54) is 0 Å². The Hall–Kier alpha value is -1.06. The molecule has 18 heavy (non-hydrogen) atoms. The Balaban J connectivity index is 0.000000473. The van der Waals surface area contributed by atoms with Crippen LogP contribution in [-0.4, -0.2) is 78.5 Å². The average molecular weight is 263 g/mol. The fraction of sp³-hybridized carbons (Fsp3) is 0.800. The summed E-state index contributed by atoms with van der Waals surface area (Å²) in [5.41, 5.74) is 0. The number of rotatable bonds is 10. The lowest BCUT2D eigenvalue weighted by Gasteiger charge is -2.04. The van der Waals surface area contributed by atoms with E-state index in [9.17, 15) is 0 Å². The smallest absolute Gasteiger partial charge is 0.0701 e. The molecule has 0 amide bonds. The van der Waals surface area contributed by atoms with E-state index in [1.807, 2.05) is 0 Å². The van der Waals surface area contributed by atoms with Gasteiger partial charge in [-0.05, 0) is 0 Å². The first-order valence-electron chi connectivity index (χ1n) is 5.66. The van der Waals surface area contributed by atoms with Gasteiger partial charge in [-0.1, -0.05) is 0 Å². The molecule has 0 saturated carbocycles. The second-order valence-electron chi connectivity index (χ2n) is 2.94. The maximum Gasteiger partial charge on any atom is 0.0701 e. The van der Waals surface area contributed by atoms with E-state index in [1.54, 1.807) is 12.4 Å². The highest BCUT2D eigenvalue weighted by atomic mass is 16.5. The molecule has 0 aliphatic heterocycles. The molecule has 3 N–H and O–H groups in total. The monoisotopic (exact) mass is 263 g/mol. The van der Waals surface area contributed by atoms with Crippen LogP contribution in [0.25, 0.3) is 0 Å². The Morgan fingerprint density at radius 2 is 1.11 bits per heavy atom. The van der Waals surface area contributed by atoms with Gasteiger partial charge in [0, 0.05) is 0 Å². The van der Waals surface area contributed by atoms with Crippen LogP contribution in [0.2, 0.25) is 0 Å². The summed E-state index contributed by atoms with van der Waals surface area (Å²) < 4.78 is 15.0. The van der Waals surface area contributed by atoms with Crippen LogP contribution < -0.4 is 0 Å². The van der Waals surface area contributed by atoms with Crippen molar-refractivity contribution in [1.82, 2.24) is 15.4 Å². The first-order valence-corrected chi connectivity index (χ1v) is 5.66. The van der Waals surface area contributed by atoms with Crippen molar-refractivity contribution in [2.45, 2.75) is 0 Å². The molecule has 0 unspecified atom stereocenters. The van der Waals surface area contributed by atoms with Crippen LogP contribution in [0.15, 0.2) is 12.4 Å². The molecule has 0 aliphatic rings. The number of hydrogen-bond acceptors (Lipinski definition) is 7. The van der Waals surface area contributed by atoms with Crippen LogP contribution in [0.3, 0.4) is 0 Å². The zero-order valence-electron chi connectivity index (χ0n) is 10.3. The lowest BCUT2D eigenvalue weighted by atomic mass is 10.7. The van der Waals surface area contributed by atoms with Gasteiger partial charge in [0.2, 0.25) is 0 Å². The Morgan fingerprint density at radius 3 is 1.39 bits per heavy atom. The molecular weight excluding hydrogens is 242 g/mol. The minimum atomic E-state index is 0.0413. The minimum absolute atomic E-state index is 0.0413. The Labute approximate surface area is 106 Å². The third-order valence-corrected chi connectivity index (χ3v) is 1.55. The Morgan fingerprint density at radius 1 is 0.722 bits per heavy atom. The van der Waals surface area contributed by atoms with Crippen molar-refractivity contribution < 1.29 is 24.4 Å². The first kappa shape index (κ1) is 16.9. The van der Waals surface area contributed by atoms with Gasteiger partial charge in [0.1, 0.15) is 0 Å². The van der Waals surface area contributed by atoms with Gasteiger partial charge in [0.05, 0.1) is 65.2 Å². The molecule has 106 valence electrons. The molecule has 0 bridgehead atoms. The van der Waals surface area contributed by atoms with Crippen LogP contribution in [-0.2, 0) is 14.2 Å². The molecule has 0 aliphatic carbocycles. The van der Waals surface area contributed by atoms with Crippen LogP contribution in [0.5, 0.6) is 0 Å². The summed E-state index contributed by atoms with van der Waals surface area (Å²) in [6, 6.07) is 0. The molecule has 0 aromatic carbocycles. The van der Waals surface area contributed by atoms with Gasteiger partial charge < -0.3 is 24.4 Å². The van der Waals surface area contributed by atoms with Crippen molar-refractivity contribution in [3.8, 4) is 0 Å². The maximum atomic E-state index is 8.36. The quantitative estimate of drug-likeness (QED) is 0.456. The van der Waals surface area contributed by atoms with Gasteiger partial charge in [-0.3, -0.25) is 0 Å². The van der Waals surface area contributed by atoms with Crippen LogP contribution in [0.4, 0.5) is 0 Å². The molecule has 0 fully saturated rings. The summed E-state index contributed by atoms with van der Waals surface area (Å²) >= 11 is 0. The number of aromatic amines is 1. The minimum Gasteiger partial charge on any atom is -0.394 e. The van der Waals surface area contributed by atoms with Crippen molar-refractivity contribution in [3.63, 3.8) is 0 Å². The van der Waals surface area contributed by atoms with Crippen LogP contribution >= 0.6 is 0 Å². The number of aromatic nitrogens is 3. The number of aliphatic hydroxyl groups is 2. The predicted octanol–water partition coefficient (Wildman–Crippen LogP) is -1.17. The molecule has 8 heteroatoms. The van der Waals surface area contributed by atoms with Crippen molar-refractivity contribution in [2.24, 2.45) is 0 Å². The third-order valence-electron chi connectivity index (χ3n) is 1.55. The topological polar surface area (TPSA) is 110 Å². The first-order chi connectivity index (χ1) is 8.91. The van der Waals surface area contributed by atoms with Crippen molar-refractivity contribution in [3.05, 3.63) is 12.4 Å². The zero-order valence-corrected chi connectivity index (χ0v) is 10.3. The molecule has 1 rings (SSSR count). The van der Waals surface area contributed by atoms with E-state index in [0.717, 1.165) is 0 Å². The van der Waals surface area contributed by atoms with Crippen LogP contribution in [0, 0.1) is 0 Å². The fourth-order valence-corrected chi connectivity index (χ4v) is 0.838. The summed E-state index contributed by atoms with van der Waals surface area (Å²) in [5, 5.41) is 26.0. The standard InChI is InChI=1S/C8H18O5.C2H3N3/c9-1-3-11-5-7-13-8-6-12-4-2-10;1-2-4-5-3-1/h9-10H,1-8H2;1-2H,(H,3,4,5). The van der Waals surface area contributed by atoms with Gasteiger partial charge >= 0.3 is 0 Å². The van der Waals surface area contributed by atoms with Crippen molar-refractivity contribution >= 4 is 0 Å². The molecule has 1 aromatic rings. The fourth-order valence-electron chi connectivity index (χ4n) is 0.838. The highest BCUT2D eigenvalue weighted by molar-refractivity contribution is 4.54. The molecule has 0 spiro atoms. The van der Waals surface area contributed by atoms with Gasteiger partial charge in [-0.15, -0.1) is 0 Å². The second kappa shape index (κ2) is 15.9. The molecule has 0 radical (unpaired) electrons.